The summed E-state index contributed by atoms with van der Waals surface area (Å²) in [4.78, 5) is 6.12. The van der Waals surface area contributed by atoms with Crippen LogP contribution in [0.5, 0.6) is 0 Å². The quantitative estimate of drug-likeness (QED) is 0.878. The van der Waals surface area contributed by atoms with Crippen LogP contribution in [0.2, 0.25) is 0 Å². The number of likely N-dealkylation sites (N-methyl/N-ethyl adjacent to an activating group) is 1. The number of halogens is 1. The number of nitrogens with zero attached hydrogens (tertiary/aromatic N) is 2. The number of nitrogen functional groups attached to an aromatic ring is 1. The van der Waals surface area contributed by atoms with Crippen LogP contribution in [-0.2, 0) is 0 Å². The molecule has 0 aliphatic carbocycles. The Balaban J connectivity index is 3.00. The van der Waals surface area contributed by atoms with Crippen molar-refractivity contribution >= 4 is 27.4 Å². The molecule has 0 aliphatic heterocycles. The average Bonchev–Trinajstić information content (AvgIpc) is 2.13. The number of anilines is 2. The Hall–Kier alpha value is -0.810. The van der Waals surface area contributed by atoms with Crippen LogP contribution >= 0.6 is 15.9 Å². The highest BCUT2D eigenvalue weighted by atomic mass is 79.9. The zero-order valence-electron chi connectivity index (χ0n) is 9.16. The number of nitrogens with two attached hydrogens (primary N) is 1. The van der Waals surface area contributed by atoms with Crippen molar-refractivity contribution in [1.29, 1.82) is 0 Å². The number of pyridine rings is 1. The molecule has 84 valence electrons. The van der Waals surface area contributed by atoms with Crippen molar-refractivity contribution < 1.29 is 5.11 Å². The molecular formula is C10H16BrN3O. The standard InChI is InChI=1S/C10H16BrN3O/c1-6(15)5-14(3)10-9(11)7(2)8(12)4-13-10/h4,6,15H,5,12H2,1-3H3. The first-order chi connectivity index (χ1) is 6.93. The van der Waals surface area contributed by atoms with Gasteiger partial charge in [0.1, 0.15) is 5.82 Å². The molecule has 0 aliphatic rings. The molecular weight excluding hydrogens is 258 g/mol. The molecule has 0 bridgehead atoms. The molecule has 1 aromatic rings. The van der Waals surface area contributed by atoms with Gasteiger partial charge in [-0.15, -0.1) is 0 Å². The number of hydrogen-bond donors (Lipinski definition) is 2. The first-order valence-electron chi connectivity index (χ1n) is 4.73. The van der Waals surface area contributed by atoms with E-state index in [0.717, 1.165) is 15.9 Å². The van der Waals surface area contributed by atoms with Crippen molar-refractivity contribution in [2.45, 2.75) is 20.0 Å². The number of aliphatic hydroxyl groups is 1. The molecule has 1 unspecified atom stereocenters. The van der Waals surface area contributed by atoms with Crippen molar-refractivity contribution in [2.24, 2.45) is 0 Å². The summed E-state index contributed by atoms with van der Waals surface area (Å²) < 4.78 is 0.880. The van der Waals surface area contributed by atoms with Gasteiger partial charge in [0.05, 0.1) is 22.5 Å². The third kappa shape index (κ3) is 2.82. The molecule has 1 rings (SSSR count). The lowest BCUT2D eigenvalue weighted by Gasteiger charge is -2.22. The van der Waals surface area contributed by atoms with Crippen molar-refractivity contribution in [1.82, 2.24) is 4.98 Å². The first kappa shape index (κ1) is 12.3. The Morgan fingerprint density at radius 1 is 1.67 bits per heavy atom. The lowest BCUT2D eigenvalue weighted by molar-refractivity contribution is 0.201. The zero-order valence-corrected chi connectivity index (χ0v) is 10.7. The van der Waals surface area contributed by atoms with E-state index in [9.17, 15) is 5.11 Å². The molecule has 0 radical (unpaired) electrons. The van der Waals surface area contributed by atoms with Gasteiger partial charge in [-0.2, -0.15) is 0 Å². The van der Waals surface area contributed by atoms with E-state index in [0.29, 0.717) is 12.2 Å². The highest BCUT2D eigenvalue weighted by Crippen LogP contribution is 2.29. The fourth-order valence-corrected chi connectivity index (χ4v) is 1.96. The molecule has 5 heteroatoms. The third-order valence-electron chi connectivity index (χ3n) is 2.18. The summed E-state index contributed by atoms with van der Waals surface area (Å²) in [5.74, 6) is 0.794. The van der Waals surface area contributed by atoms with Crippen LogP contribution in [0, 0.1) is 6.92 Å². The fraction of sp³-hybridized carbons (Fsp3) is 0.500. The Bertz CT molecular complexity index is 355. The molecule has 1 heterocycles. The van der Waals surface area contributed by atoms with Crippen LogP contribution in [0.25, 0.3) is 0 Å². The molecule has 0 spiro atoms. The topological polar surface area (TPSA) is 62.4 Å². The highest BCUT2D eigenvalue weighted by molar-refractivity contribution is 9.10. The second kappa shape index (κ2) is 4.81. The minimum absolute atomic E-state index is 0.387. The molecule has 0 fully saturated rings. The third-order valence-corrected chi connectivity index (χ3v) is 3.13. The maximum Gasteiger partial charge on any atom is 0.143 e. The molecule has 15 heavy (non-hydrogen) atoms. The summed E-state index contributed by atoms with van der Waals surface area (Å²) in [5, 5.41) is 9.29. The second-order valence-electron chi connectivity index (χ2n) is 3.71. The number of hydrogen-bond acceptors (Lipinski definition) is 4. The van der Waals surface area contributed by atoms with E-state index < -0.39 is 0 Å². The molecule has 4 nitrogen and oxygen atoms in total. The predicted molar refractivity (Wildman–Crippen MR) is 66.0 cm³/mol. The SMILES string of the molecule is Cc1c(N)cnc(N(C)CC(C)O)c1Br. The monoisotopic (exact) mass is 273 g/mol. The lowest BCUT2D eigenvalue weighted by atomic mass is 10.2. The smallest absolute Gasteiger partial charge is 0.143 e. The van der Waals surface area contributed by atoms with E-state index in [-0.39, 0.29) is 6.10 Å². The molecule has 0 saturated carbocycles. The number of aliphatic hydroxyl groups excluding tert-OH is 1. The van der Waals surface area contributed by atoms with Crippen molar-refractivity contribution in [3.63, 3.8) is 0 Å². The fourth-order valence-electron chi connectivity index (χ4n) is 1.33. The summed E-state index contributed by atoms with van der Waals surface area (Å²) in [7, 11) is 1.88. The van der Waals surface area contributed by atoms with E-state index in [1.165, 1.54) is 0 Å². The van der Waals surface area contributed by atoms with Crippen LogP contribution < -0.4 is 10.6 Å². The Morgan fingerprint density at radius 3 is 2.80 bits per heavy atom. The maximum atomic E-state index is 9.29. The lowest BCUT2D eigenvalue weighted by Crippen LogP contribution is -2.28. The van der Waals surface area contributed by atoms with Crippen LogP contribution in [0.15, 0.2) is 10.7 Å². The van der Waals surface area contributed by atoms with Gasteiger partial charge < -0.3 is 15.7 Å². The van der Waals surface area contributed by atoms with Gasteiger partial charge >= 0.3 is 0 Å². The molecule has 1 atom stereocenters. The average molecular weight is 274 g/mol. The van der Waals surface area contributed by atoms with E-state index in [4.69, 9.17) is 5.73 Å². The first-order valence-corrected chi connectivity index (χ1v) is 5.52. The van der Waals surface area contributed by atoms with Gasteiger partial charge in [0.15, 0.2) is 0 Å². The van der Waals surface area contributed by atoms with Gasteiger partial charge in [0.2, 0.25) is 0 Å². The Morgan fingerprint density at radius 2 is 2.27 bits per heavy atom. The van der Waals surface area contributed by atoms with Gasteiger partial charge in [0.25, 0.3) is 0 Å². The zero-order chi connectivity index (χ0) is 11.6. The molecule has 0 saturated heterocycles. The predicted octanol–water partition coefficient (Wildman–Crippen LogP) is 1.55. The van der Waals surface area contributed by atoms with E-state index in [1.54, 1.807) is 13.1 Å². The molecule has 0 aromatic carbocycles. The minimum Gasteiger partial charge on any atom is -0.397 e. The number of rotatable bonds is 3. The molecule has 1 aromatic heterocycles. The normalized spacial score (nSPS) is 12.6. The Kier molecular flexibility index (Phi) is 3.93. The van der Waals surface area contributed by atoms with Crippen LogP contribution in [0.4, 0.5) is 11.5 Å². The van der Waals surface area contributed by atoms with E-state index in [1.807, 2.05) is 18.9 Å². The van der Waals surface area contributed by atoms with E-state index >= 15 is 0 Å². The van der Waals surface area contributed by atoms with Crippen molar-refractivity contribution in [2.75, 3.05) is 24.2 Å². The maximum absolute atomic E-state index is 9.29. The highest BCUT2D eigenvalue weighted by Gasteiger charge is 2.12. The summed E-state index contributed by atoms with van der Waals surface area (Å²) >= 11 is 3.46. The van der Waals surface area contributed by atoms with Crippen LogP contribution in [-0.4, -0.2) is 29.8 Å². The summed E-state index contributed by atoms with van der Waals surface area (Å²) in [6.45, 7) is 4.21. The van der Waals surface area contributed by atoms with Gasteiger partial charge in [-0.1, -0.05) is 0 Å². The van der Waals surface area contributed by atoms with Gasteiger partial charge in [-0.3, -0.25) is 0 Å². The van der Waals surface area contributed by atoms with Crippen molar-refractivity contribution in [3.05, 3.63) is 16.2 Å². The summed E-state index contributed by atoms with van der Waals surface area (Å²) in [6.07, 6.45) is 1.25. The van der Waals surface area contributed by atoms with Crippen molar-refractivity contribution in [3.8, 4) is 0 Å². The summed E-state index contributed by atoms with van der Waals surface area (Å²) in [5.41, 5.74) is 7.36. The molecule has 0 amide bonds. The van der Waals surface area contributed by atoms with Gasteiger partial charge in [0, 0.05) is 13.6 Å². The van der Waals surface area contributed by atoms with E-state index in [2.05, 4.69) is 20.9 Å². The van der Waals surface area contributed by atoms with Gasteiger partial charge in [-0.25, -0.2) is 4.98 Å². The Labute approximate surface area is 98.2 Å². The molecule has 3 N–H and O–H groups in total. The second-order valence-corrected chi connectivity index (χ2v) is 4.50. The largest absolute Gasteiger partial charge is 0.397 e. The van der Waals surface area contributed by atoms with Gasteiger partial charge in [-0.05, 0) is 35.3 Å². The summed E-state index contributed by atoms with van der Waals surface area (Å²) in [6, 6.07) is 0. The van der Waals surface area contributed by atoms with Crippen LogP contribution in [0.3, 0.4) is 0 Å². The van der Waals surface area contributed by atoms with Crippen LogP contribution in [0.1, 0.15) is 12.5 Å². The number of aromatic nitrogens is 1. The minimum atomic E-state index is -0.387.